The van der Waals surface area contributed by atoms with E-state index in [4.69, 9.17) is 0 Å². The van der Waals surface area contributed by atoms with Gasteiger partial charge >= 0.3 is 0 Å². The van der Waals surface area contributed by atoms with Gasteiger partial charge in [0.1, 0.15) is 6.23 Å². The van der Waals surface area contributed by atoms with Crippen molar-refractivity contribution in [2.75, 3.05) is 6.54 Å². The number of pyridine rings is 1. The molecule has 1 unspecified atom stereocenters. The van der Waals surface area contributed by atoms with Gasteiger partial charge in [-0.3, -0.25) is 10.3 Å². The smallest absolute Gasteiger partial charge is 0.148 e. The van der Waals surface area contributed by atoms with Crippen molar-refractivity contribution in [2.45, 2.75) is 20.1 Å². The first-order valence-corrected chi connectivity index (χ1v) is 4.09. The predicted octanol–water partition coefficient (Wildman–Crippen LogP) is 0.990. The molecule has 3 heteroatoms. The van der Waals surface area contributed by atoms with Gasteiger partial charge in [-0.1, -0.05) is 13.0 Å². The molecular formula is C9H14N2O. The van der Waals surface area contributed by atoms with E-state index in [1.165, 1.54) is 0 Å². The molecule has 0 spiro atoms. The number of nitrogens with zero attached hydrogens (tertiary/aromatic N) is 1. The molecule has 3 nitrogen and oxygen atoms in total. The molecule has 0 aliphatic heterocycles. The van der Waals surface area contributed by atoms with Gasteiger partial charge in [-0.25, -0.2) is 0 Å². The van der Waals surface area contributed by atoms with Crippen LogP contribution >= 0.6 is 0 Å². The van der Waals surface area contributed by atoms with Crippen LogP contribution in [0.15, 0.2) is 18.2 Å². The molecule has 0 aliphatic carbocycles. The number of nitrogens with one attached hydrogen (secondary N) is 1. The quantitative estimate of drug-likeness (QED) is 0.658. The molecular weight excluding hydrogens is 152 g/mol. The molecule has 0 saturated heterocycles. The highest BCUT2D eigenvalue weighted by Gasteiger charge is 2.05. The predicted molar refractivity (Wildman–Crippen MR) is 47.6 cm³/mol. The van der Waals surface area contributed by atoms with Gasteiger partial charge in [0.05, 0.1) is 5.69 Å². The Hall–Kier alpha value is -0.930. The molecule has 0 aliphatic rings. The second kappa shape index (κ2) is 4.18. The Labute approximate surface area is 72.5 Å². The summed E-state index contributed by atoms with van der Waals surface area (Å²) in [7, 11) is 0. The van der Waals surface area contributed by atoms with Gasteiger partial charge in [-0.2, -0.15) is 0 Å². The lowest BCUT2D eigenvalue weighted by atomic mass is 10.3. The lowest BCUT2D eigenvalue weighted by molar-refractivity contribution is 0.137. The van der Waals surface area contributed by atoms with Crippen molar-refractivity contribution < 1.29 is 5.11 Å². The number of hydrogen-bond acceptors (Lipinski definition) is 3. The summed E-state index contributed by atoms with van der Waals surface area (Å²) in [6.45, 7) is 4.58. The van der Waals surface area contributed by atoms with Gasteiger partial charge in [0.25, 0.3) is 0 Å². The van der Waals surface area contributed by atoms with Crippen LogP contribution in [0.2, 0.25) is 0 Å². The zero-order valence-electron chi connectivity index (χ0n) is 7.41. The minimum Gasteiger partial charge on any atom is -0.373 e. The van der Waals surface area contributed by atoms with E-state index >= 15 is 0 Å². The number of aliphatic hydroxyl groups excluding tert-OH is 1. The summed E-state index contributed by atoms with van der Waals surface area (Å²) in [5, 5.41) is 12.4. The Balaban J connectivity index is 2.73. The number of rotatable bonds is 3. The summed E-state index contributed by atoms with van der Waals surface area (Å²) in [6, 6.07) is 5.60. The van der Waals surface area contributed by atoms with Crippen LogP contribution in [0.4, 0.5) is 0 Å². The molecule has 0 radical (unpaired) electrons. The molecule has 0 fully saturated rings. The number of aryl methyl sites for hydroxylation is 1. The summed E-state index contributed by atoms with van der Waals surface area (Å²) < 4.78 is 0. The Morgan fingerprint density at radius 3 is 2.92 bits per heavy atom. The third kappa shape index (κ3) is 2.29. The monoisotopic (exact) mass is 166 g/mol. The van der Waals surface area contributed by atoms with E-state index in [-0.39, 0.29) is 0 Å². The lowest BCUT2D eigenvalue weighted by Crippen LogP contribution is -2.21. The Morgan fingerprint density at radius 2 is 2.33 bits per heavy atom. The van der Waals surface area contributed by atoms with E-state index in [0.29, 0.717) is 5.69 Å². The molecule has 0 aromatic carbocycles. The Kier molecular flexibility index (Phi) is 3.19. The molecule has 1 heterocycles. The molecule has 66 valence electrons. The molecule has 0 amide bonds. The number of hydrogen-bond donors (Lipinski definition) is 2. The first-order valence-electron chi connectivity index (χ1n) is 4.09. The van der Waals surface area contributed by atoms with E-state index in [1.807, 2.05) is 26.0 Å². The largest absolute Gasteiger partial charge is 0.373 e. The summed E-state index contributed by atoms with van der Waals surface area (Å²) in [6.07, 6.45) is -0.644. The highest BCUT2D eigenvalue weighted by atomic mass is 16.3. The topological polar surface area (TPSA) is 45.1 Å². The van der Waals surface area contributed by atoms with Crippen LogP contribution in [0, 0.1) is 6.92 Å². The van der Waals surface area contributed by atoms with E-state index in [2.05, 4.69) is 10.3 Å². The van der Waals surface area contributed by atoms with Crippen molar-refractivity contribution in [3.05, 3.63) is 29.6 Å². The normalized spacial score (nSPS) is 12.9. The Bertz CT molecular complexity index is 250. The zero-order valence-corrected chi connectivity index (χ0v) is 7.41. The molecule has 1 rings (SSSR count). The number of aromatic nitrogens is 1. The van der Waals surface area contributed by atoms with Gasteiger partial charge in [-0.15, -0.1) is 0 Å². The lowest BCUT2D eigenvalue weighted by Gasteiger charge is -2.10. The van der Waals surface area contributed by atoms with Crippen molar-refractivity contribution in [3.63, 3.8) is 0 Å². The number of aliphatic hydroxyl groups is 1. The van der Waals surface area contributed by atoms with Crippen LogP contribution in [-0.2, 0) is 0 Å². The first-order chi connectivity index (χ1) is 5.74. The average Bonchev–Trinajstić information content (AvgIpc) is 2.05. The molecule has 1 atom stereocenters. The van der Waals surface area contributed by atoms with Gasteiger partial charge in [0, 0.05) is 5.69 Å². The SMILES string of the molecule is CCNC(O)c1cccc(C)n1. The van der Waals surface area contributed by atoms with Crippen LogP contribution < -0.4 is 5.32 Å². The van der Waals surface area contributed by atoms with Gasteiger partial charge < -0.3 is 5.11 Å². The molecule has 0 saturated carbocycles. The molecule has 1 aromatic heterocycles. The van der Waals surface area contributed by atoms with Gasteiger partial charge in [-0.05, 0) is 25.6 Å². The summed E-state index contributed by atoms with van der Waals surface area (Å²) in [5.74, 6) is 0. The fourth-order valence-corrected chi connectivity index (χ4v) is 1.01. The highest BCUT2D eigenvalue weighted by molar-refractivity contribution is 5.11. The summed E-state index contributed by atoms with van der Waals surface area (Å²) in [4.78, 5) is 4.18. The average molecular weight is 166 g/mol. The van der Waals surface area contributed by atoms with Crippen LogP contribution in [0.25, 0.3) is 0 Å². The maximum atomic E-state index is 9.47. The van der Waals surface area contributed by atoms with Gasteiger partial charge in [0.2, 0.25) is 0 Å². The molecule has 2 N–H and O–H groups in total. The maximum absolute atomic E-state index is 9.47. The van der Waals surface area contributed by atoms with Crippen LogP contribution in [0.5, 0.6) is 0 Å². The van der Waals surface area contributed by atoms with E-state index < -0.39 is 6.23 Å². The minimum absolute atomic E-state index is 0.644. The van der Waals surface area contributed by atoms with Crippen molar-refractivity contribution in [3.8, 4) is 0 Å². The highest BCUT2D eigenvalue weighted by Crippen LogP contribution is 2.06. The second-order valence-corrected chi connectivity index (χ2v) is 2.66. The fourth-order valence-electron chi connectivity index (χ4n) is 1.01. The van der Waals surface area contributed by atoms with E-state index in [0.717, 1.165) is 12.2 Å². The van der Waals surface area contributed by atoms with Crippen molar-refractivity contribution in [2.24, 2.45) is 0 Å². The molecule has 1 aromatic rings. The molecule has 12 heavy (non-hydrogen) atoms. The zero-order chi connectivity index (χ0) is 8.97. The third-order valence-corrected chi connectivity index (χ3v) is 1.59. The second-order valence-electron chi connectivity index (χ2n) is 2.66. The fraction of sp³-hybridized carbons (Fsp3) is 0.444. The molecule has 0 bridgehead atoms. The third-order valence-electron chi connectivity index (χ3n) is 1.59. The minimum atomic E-state index is -0.644. The van der Waals surface area contributed by atoms with Crippen molar-refractivity contribution >= 4 is 0 Å². The van der Waals surface area contributed by atoms with Crippen molar-refractivity contribution in [1.82, 2.24) is 10.3 Å². The van der Waals surface area contributed by atoms with Gasteiger partial charge in [0.15, 0.2) is 0 Å². The summed E-state index contributed by atoms with van der Waals surface area (Å²) in [5.41, 5.74) is 1.60. The first kappa shape index (κ1) is 9.16. The van der Waals surface area contributed by atoms with E-state index in [1.54, 1.807) is 6.07 Å². The van der Waals surface area contributed by atoms with Crippen molar-refractivity contribution in [1.29, 1.82) is 0 Å². The van der Waals surface area contributed by atoms with Crippen LogP contribution in [-0.4, -0.2) is 16.6 Å². The standard InChI is InChI=1S/C9H14N2O/c1-3-10-9(12)8-6-4-5-7(2)11-8/h4-6,9-10,12H,3H2,1-2H3. The Morgan fingerprint density at radius 1 is 1.58 bits per heavy atom. The maximum Gasteiger partial charge on any atom is 0.148 e. The van der Waals surface area contributed by atoms with E-state index in [9.17, 15) is 5.11 Å². The summed E-state index contributed by atoms with van der Waals surface area (Å²) >= 11 is 0. The van der Waals surface area contributed by atoms with Crippen LogP contribution in [0.1, 0.15) is 24.5 Å². The van der Waals surface area contributed by atoms with Crippen LogP contribution in [0.3, 0.4) is 0 Å².